The molecule has 1 aliphatic carbocycles. The lowest BCUT2D eigenvalue weighted by molar-refractivity contribution is -0.118. The number of benzene rings is 7. The van der Waals surface area contributed by atoms with E-state index in [0.29, 0.717) is 62.9 Å². The highest BCUT2D eigenvalue weighted by Crippen LogP contribution is 2.44. The van der Waals surface area contributed by atoms with Crippen molar-refractivity contribution in [2.24, 2.45) is 4.99 Å². The van der Waals surface area contributed by atoms with Gasteiger partial charge in [-0.1, -0.05) is 60.7 Å². The van der Waals surface area contributed by atoms with E-state index in [1.165, 1.54) is 30.3 Å². The Hall–Kier alpha value is -7.03. The summed E-state index contributed by atoms with van der Waals surface area (Å²) in [5.74, 6) is 0.517. The van der Waals surface area contributed by atoms with Gasteiger partial charge < -0.3 is 9.73 Å². The topological polar surface area (TPSA) is 180 Å². The summed E-state index contributed by atoms with van der Waals surface area (Å²) in [5.41, 5.74) is 15.5. The number of rotatable bonds is 14. The summed E-state index contributed by atoms with van der Waals surface area (Å²) in [6, 6.07) is 32.8. The van der Waals surface area contributed by atoms with Crippen LogP contribution in [-0.4, -0.2) is 37.5 Å². The molecule has 0 atom stereocenters. The molecule has 8 rings (SSSR count). The van der Waals surface area contributed by atoms with E-state index in [4.69, 9.17) is 9.41 Å². The third kappa shape index (κ3) is 10.0. The molecule has 6 aromatic rings. The van der Waals surface area contributed by atoms with Crippen LogP contribution < -0.4 is 10.7 Å². The smallest absolute Gasteiger partial charge is 0.295 e. The minimum atomic E-state index is -4.65. The second-order valence-electron chi connectivity index (χ2n) is 18.1. The van der Waals surface area contributed by atoms with Crippen molar-refractivity contribution in [1.82, 2.24) is 0 Å². The molecule has 0 fully saturated rings. The molecular formula is C57H54N2O9S2. The van der Waals surface area contributed by atoms with E-state index in [9.17, 15) is 35.5 Å². The minimum absolute atomic E-state index is 0.0488. The highest BCUT2D eigenvalue weighted by molar-refractivity contribution is 7.86. The van der Waals surface area contributed by atoms with Crippen LogP contribution >= 0.6 is 0 Å². The van der Waals surface area contributed by atoms with Crippen molar-refractivity contribution in [3.63, 3.8) is 0 Å². The van der Waals surface area contributed by atoms with Crippen molar-refractivity contribution in [2.45, 2.75) is 90.9 Å². The van der Waals surface area contributed by atoms with Gasteiger partial charge in [0.2, 0.25) is 0 Å². The normalized spacial score (nSPS) is 12.2. The third-order valence-corrected chi connectivity index (χ3v) is 15.6. The number of hydrogen-bond donors (Lipinski definition) is 3. The number of Topliss-reactive ketones (excluding diaryl/α,β-unsaturated/α-hetero) is 2. The molecule has 0 aromatic heterocycles. The molecule has 1 aliphatic heterocycles. The zero-order chi connectivity index (χ0) is 50.4. The molecule has 1 heterocycles. The SMILES string of the molecule is Cc1c(C)c(N=c2ccc3c(-c4ccccc4S(=O)(=O)O)c4ccc(Nc5c(C)c(C)c(CC(=O)Cc6ccc(S(=O)(=O)O)cc6)c(C)c5C)cc4oc-3c2)c(C)c(C)c1CC(=O)Cc1ccccc1. The predicted octanol–water partition coefficient (Wildman–Crippen LogP) is 11.8. The summed E-state index contributed by atoms with van der Waals surface area (Å²) in [6.07, 6.45) is 0.933. The molecule has 358 valence electrons. The second-order valence-corrected chi connectivity index (χ2v) is 21.0. The zero-order valence-electron chi connectivity index (χ0n) is 40.3. The molecular weight excluding hydrogens is 921 g/mol. The van der Waals surface area contributed by atoms with Gasteiger partial charge in [0.15, 0.2) is 0 Å². The van der Waals surface area contributed by atoms with Crippen LogP contribution in [0.4, 0.5) is 17.1 Å². The molecule has 13 heteroatoms. The Morgan fingerprint density at radius 1 is 0.543 bits per heavy atom. The van der Waals surface area contributed by atoms with Crippen LogP contribution in [0.3, 0.4) is 0 Å². The standard InChI is InChI=1S/C57H54N2O9S2/c1-32-36(5)56(37(6)33(2)50(32)30-44(60)26-40-14-10-9-11-15-40)58-42-20-24-47-52(28-42)68-53-29-43(21-25-48(53)55(47)49-16-12-13-17-54(49)70(65,66)67)59-57-38(7)34(3)51(35(4)39(57)8)31-45(61)27-41-18-22-46(23-19-41)69(62,63)64/h9-25,28-29,59H,26-27,30-31H2,1-8H3,(H,62,63,64)(H,65,66,67). The number of carbonyl (C=O) groups is 2. The molecule has 0 radical (unpaired) electrons. The number of hydrogen-bond acceptors (Lipinski definition) is 9. The van der Waals surface area contributed by atoms with Crippen LogP contribution in [0.5, 0.6) is 0 Å². The van der Waals surface area contributed by atoms with Gasteiger partial charge >= 0.3 is 0 Å². The fourth-order valence-electron chi connectivity index (χ4n) is 9.48. The molecule has 0 amide bonds. The Morgan fingerprint density at radius 2 is 1.09 bits per heavy atom. The quantitative estimate of drug-likeness (QED) is 0.0701. The Balaban J connectivity index is 1.18. The monoisotopic (exact) mass is 974 g/mol. The highest BCUT2D eigenvalue weighted by atomic mass is 32.2. The van der Waals surface area contributed by atoms with Gasteiger partial charge in [-0.25, -0.2) is 4.99 Å². The van der Waals surface area contributed by atoms with Crippen molar-refractivity contribution in [2.75, 3.05) is 5.32 Å². The maximum Gasteiger partial charge on any atom is 0.295 e. The van der Waals surface area contributed by atoms with Gasteiger partial charge in [-0.05, 0) is 165 Å². The van der Waals surface area contributed by atoms with Gasteiger partial charge in [0, 0.05) is 71.3 Å². The average Bonchev–Trinajstić information content (AvgIpc) is 3.32. The Kier molecular flexibility index (Phi) is 13.7. The van der Waals surface area contributed by atoms with Crippen LogP contribution in [0.1, 0.15) is 66.8 Å². The van der Waals surface area contributed by atoms with E-state index < -0.39 is 20.2 Å². The predicted molar refractivity (Wildman–Crippen MR) is 275 cm³/mol. The number of nitrogens with one attached hydrogen (secondary N) is 1. The van der Waals surface area contributed by atoms with E-state index in [-0.39, 0.29) is 34.2 Å². The van der Waals surface area contributed by atoms with Crippen LogP contribution in [0.2, 0.25) is 0 Å². The molecule has 0 saturated carbocycles. The lowest BCUT2D eigenvalue weighted by Crippen LogP contribution is -2.12. The van der Waals surface area contributed by atoms with E-state index in [1.807, 2.05) is 122 Å². The molecule has 0 bridgehead atoms. The van der Waals surface area contributed by atoms with Crippen LogP contribution in [0, 0.1) is 55.4 Å². The number of carbonyl (C=O) groups excluding carboxylic acids is 2. The molecule has 6 aromatic carbocycles. The maximum absolute atomic E-state index is 13.4. The fourth-order valence-corrected chi connectivity index (χ4v) is 10.7. The molecule has 11 nitrogen and oxygen atoms in total. The van der Waals surface area contributed by atoms with Gasteiger partial charge in [-0.2, -0.15) is 16.8 Å². The van der Waals surface area contributed by atoms with Crippen molar-refractivity contribution in [3.05, 3.63) is 187 Å². The van der Waals surface area contributed by atoms with Crippen molar-refractivity contribution in [3.8, 4) is 22.5 Å². The summed E-state index contributed by atoms with van der Waals surface area (Å²) in [4.78, 5) is 31.4. The van der Waals surface area contributed by atoms with Crippen LogP contribution in [0.25, 0.3) is 33.4 Å². The Morgan fingerprint density at radius 3 is 1.66 bits per heavy atom. The van der Waals surface area contributed by atoms with Crippen LogP contribution in [0.15, 0.2) is 134 Å². The molecule has 0 unspecified atom stereocenters. The van der Waals surface area contributed by atoms with Crippen LogP contribution in [-0.2, 0) is 55.5 Å². The van der Waals surface area contributed by atoms with Gasteiger partial charge in [0.05, 0.1) is 15.9 Å². The van der Waals surface area contributed by atoms with E-state index in [1.54, 1.807) is 18.2 Å². The fraction of sp³-hybridized carbons (Fsp3) is 0.211. The Bertz CT molecular complexity index is 3630. The van der Waals surface area contributed by atoms with Gasteiger partial charge in [0.1, 0.15) is 27.8 Å². The third-order valence-electron chi connectivity index (χ3n) is 13.8. The maximum atomic E-state index is 13.4. The lowest BCUT2D eigenvalue weighted by atomic mass is 9.88. The molecule has 2 aliphatic rings. The number of fused-ring (bicyclic) bond motifs is 2. The molecule has 3 N–H and O–H groups in total. The van der Waals surface area contributed by atoms with E-state index in [2.05, 4.69) is 5.32 Å². The van der Waals surface area contributed by atoms with Crippen molar-refractivity contribution in [1.29, 1.82) is 0 Å². The van der Waals surface area contributed by atoms with E-state index >= 15 is 0 Å². The summed E-state index contributed by atoms with van der Waals surface area (Å²) < 4.78 is 75.2. The first-order valence-corrected chi connectivity index (χ1v) is 25.7. The first-order valence-electron chi connectivity index (χ1n) is 22.8. The summed E-state index contributed by atoms with van der Waals surface area (Å²) in [5, 5.41) is 4.81. The van der Waals surface area contributed by atoms with Gasteiger partial charge in [-0.15, -0.1) is 0 Å². The first kappa shape index (κ1) is 49.4. The summed E-state index contributed by atoms with van der Waals surface area (Å²) >= 11 is 0. The first-order chi connectivity index (χ1) is 33.1. The summed E-state index contributed by atoms with van der Waals surface area (Å²) in [6.45, 7) is 16.0. The number of anilines is 2. The van der Waals surface area contributed by atoms with Gasteiger partial charge in [-0.3, -0.25) is 18.7 Å². The highest BCUT2D eigenvalue weighted by Gasteiger charge is 2.25. The zero-order valence-corrected chi connectivity index (χ0v) is 41.9. The largest absolute Gasteiger partial charge is 0.456 e. The molecule has 70 heavy (non-hydrogen) atoms. The second kappa shape index (κ2) is 19.4. The summed E-state index contributed by atoms with van der Waals surface area (Å²) in [7, 11) is -8.99. The molecule has 0 saturated heterocycles. The lowest BCUT2D eigenvalue weighted by Gasteiger charge is -2.22. The molecule has 0 spiro atoms. The van der Waals surface area contributed by atoms with E-state index in [0.717, 1.165) is 72.6 Å². The number of ketones is 2. The number of nitrogens with zero attached hydrogens (tertiary/aromatic N) is 1. The van der Waals surface area contributed by atoms with Gasteiger partial charge in [0.25, 0.3) is 20.2 Å². The minimum Gasteiger partial charge on any atom is -0.456 e. The average molecular weight is 975 g/mol. The Labute approximate surface area is 408 Å². The van der Waals surface area contributed by atoms with Crippen molar-refractivity contribution < 1.29 is 39.9 Å². The van der Waals surface area contributed by atoms with Crippen molar-refractivity contribution >= 4 is 59.8 Å².